The van der Waals surface area contributed by atoms with Gasteiger partial charge in [0.25, 0.3) is 0 Å². The van der Waals surface area contributed by atoms with Crippen LogP contribution in [0.25, 0.3) is 11.3 Å². The van der Waals surface area contributed by atoms with E-state index in [1.807, 2.05) is 30.3 Å². The number of nitrogens with zero attached hydrogens (tertiary/aromatic N) is 1. The van der Waals surface area contributed by atoms with Crippen LogP contribution in [0.2, 0.25) is 0 Å². The lowest BCUT2D eigenvalue weighted by molar-refractivity contribution is 0.101. The maximum absolute atomic E-state index is 11.3. The first kappa shape index (κ1) is 11.5. The van der Waals surface area contributed by atoms with Crippen LogP contribution in [0, 0.1) is 0 Å². The summed E-state index contributed by atoms with van der Waals surface area (Å²) in [4.78, 5) is 15.6. The lowest BCUT2D eigenvalue weighted by Gasteiger charge is -2.03. The highest BCUT2D eigenvalue weighted by atomic mass is 16.1. The molecular weight excluding hydrogens is 212 g/mol. The van der Waals surface area contributed by atoms with Crippen molar-refractivity contribution in [2.75, 3.05) is 0 Å². The van der Waals surface area contributed by atoms with Gasteiger partial charge in [0.2, 0.25) is 0 Å². The van der Waals surface area contributed by atoms with Gasteiger partial charge in [-0.3, -0.25) is 9.78 Å². The predicted molar refractivity (Wildman–Crippen MR) is 67.6 cm³/mol. The third kappa shape index (κ3) is 2.57. The molecule has 0 spiro atoms. The minimum absolute atomic E-state index is 0.0606. The van der Waals surface area contributed by atoms with Crippen molar-refractivity contribution >= 4 is 5.78 Å². The maximum Gasteiger partial charge on any atom is 0.159 e. The fourth-order valence-corrected chi connectivity index (χ4v) is 1.61. The number of aromatic nitrogens is 1. The molecule has 2 aromatic rings. The van der Waals surface area contributed by atoms with Crippen molar-refractivity contribution < 1.29 is 4.79 Å². The SMILES string of the molecule is CC(=O)c1cccc(-c2ccc(CN)cn2)c1. The van der Waals surface area contributed by atoms with E-state index in [9.17, 15) is 4.79 Å². The van der Waals surface area contributed by atoms with Crippen molar-refractivity contribution in [2.45, 2.75) is 13.5 Å². The number of pyridine rings is 1. The van der Waals surface area contributed by atoms with Gasteiger partial charge in [-0.15, -0.1) is 0 Å². The zero-order valence-corrected chi connectivity index (χ0v) is 9.68. The van der Waals surface area contributed by atoms with Crippen LogP contribution in [-0.2, 0) is 6.54 Å². The fraction of sp³-hybridized carbons (Fsp3) is 0.143. The van der Waals surface area contributed by atoms with Gasteiger partial charge in [-0.1, -0.05) is 24.3 Å². The average Bonchev–Trinajstić information content (AvgIpc) is 2.39. The Balaban J connectivity index is 2.38. The number of hydrogen-bond acceptors (Lipinski definition) is 3. The molecule has 0 aliphatic rings. The van der Waals surface area contributed by atoms with Gasteiger partial charge in [-0.2, -0.15) is 0 Å². The standard InChI is InChI=1S/C14H14N2O/c1-10(17)12-3-2-4-13(7-12)14-6-5-11(8-15)9-16-14/h2-7,9H,8,15H2,1H3. The van der Waals surface area contributed by atoms with E-state index >= 15 is 0 Å². The molecule has 0 saturated heterocycles. The van der Waals surface area contributed by atoms with Crippen LogP contribution in [0.5, 0.6) is 0 Å². The molecule has 1 heterocycles. The molecule has 0 aliphatic heterocycles. The Morgan fingerprint density at radius 3 is 2.71 bits per heavy atom. The highest BCUT2D eigenvalue weighted by molar-refractivity contribution is 5.95. The van der Waals surface area contributed by atoms with Gasteiger partial charge in [0.15, 0.2) is 5.78 Å². The smallest absolute Gasteiger partial charge is 0.159 e. The molecule has 0 aliphatic carbocycles. The first-order valence-electron chi connectivity index (χ1n) is 5.47. The molecule has 0 radical (unpaired) electrons. The van der Waals surface area contributed by atoms with Gasteiger partial charge in [0.05, 0.1) is 5.69 Å². The number of nitrogens with two attached hydrogens (primary N) is 1. The van der Waals surface area contributed by atoms with E-state index in [4.69, 9.17) is 5.73 Å². The number of Topliss-reactive ketones (excluding diaryl/α,β-unsaturated/α-hetero) is 1. The summed E-state index contributed by atoms with van der Waals surface area (Å²) >= 11 is 0. The maximum atomic E-state index is 11.3. The molecule has 0 saturated carbocycles. The first-order chi connectivity index (χ1) is 8.20. The van der Waals surface area contributed by atoms with Crippen LogP contribution in [0.15, 0.2) is 42.6 Å². The molecule has 0 fully saturated rings. The Labute approximate surface area is 100 Å². The van der Waals surface area contributed by atoms with Gasteiger partial charge < -0.3 is 5.73 Å². The normalized spacial score (nSPS) is 10.2. The van der Waals surface area contributed by atoms with Crippen molar-refractivity contribution in [3.8, 4) is 11.3 Å². The van der Waals surface area contributed by atoms with Crippen LogP contribution < -0.4 is 5.73 Å². The lowest BCUT2D eigenvalue weighted by atomic mass is 10.1. The number of ketones is 1. The minimum Gasteiger partial charge on any atom is -0.326 e. The number of rotatable bonds is 3. The zero-order valence-electron chi connectivity index (χ0n) is 9.68. The molecule has 0 unspecified atom stereocenters. The molecule has 3 heteroatoms. The highest BCUT2D eigenvalue weighted by Gasteiger charge is 2.03. The Morgan fingerprint density at radius 2 is 2.12 bits per heavy atom. The van der Waals surface area contributed by atoms with Crippen LogP contribution in [0.4, 0.5) is 0 Å². The van der Waals surface area contributed by atoms with Crippen molar-refractivity contribution in [2.24, 2.45) is 5.73 Å². The summed E-state index contributed by atoms with van der Waals surface area (Å²) in [6, 6.07) is 11.3. The summed E-state index contributed by atoms with van der Waals surface area (Å²) in [6.07, 6.45) is 1.76. The van der Waals surface area contributed by atoms with Crippen LogP contribution in [0.3, 0.4) is 0 Å². The Morgan fingerprint density at radius 1 is 1.29 bits per heavy atom. The molecule has 1 aromatic heterocycles. The van der Waals surface area contributed by atoms with E-state index in [1.165, 1.54) is 0 Å². The number of hydrogen-bond donors (Lipinski definition) is 1. The topological polar surface area (TPSA) is 56.0 Å². The molecule has 86 valence electrons. The average molecular weight is 226 g/mol. The summed E-state index contributed by atoms with van der Waals surface area (Å²) in [7, 11) is 0. The largest absolute Gasteiger partial charge is 0.326 e. The Hall–Kier alpha value is -2.00. The van der Waals surface area contributed by atoms with E-state index in [2.05, 4.69) is 4.98 Å². The molecule has 0 amide bonds. The van der Waals surface area contributed by atoms with E-state index in [-0.39, 0.29) is 5.78 Å². The zero-order chi connectivity index (χ0) is 12.3. The second-order valence-electron chi connectivity index (χ2n) is 3.89. The van der Waals surface area contributed by atoms with Gasteiger partial charge >= 0.3 is 0 Å². The molecule has 3 nitrogen and oxygen atoms in total. The van der Waals surface area contributed by atoms with E-state index < -0.39 is 0 Å². The molecule has 0 atom stereocenters. The molecule has 2 N–H and O–H groups in total. The molecule has 0 bridgehead atoms. The summed E-state index contributed by atoms with van der Waals surface area (Å²) in [5.74, 6) is 0.0606. The molecule has 17 heavy (non-hydrogen) atoms. The van der Waals surface area contributed by atoms with E-state index in [0.29, 0.717) is 12.1 Å². The van der Waals surface area contributed by atoms with Crippen molar-refractivity contribution in [1.82, 2.24) is 4.98 Å². The Bertz CT molecular complexity index is 532. The van der Waals surface area contributed by atoms with Crippen molar-refractivity contribution in [3.63, 3.8) is 0 Å². The minimum atomic E-state index is 0.0606. The van der Waals surface area contributed by atoms with Crippen LogP contribution in [-0.4, -0.2) is 10.8 Å². The van der Waals surface area contributed by atoms with Gasteiger partial charge in [0.1, 0.15) is 0 Å². The number of benzene rings is 1. The summed E-state index contributed by atoms with van der Waals surface area (Å²) in [5, 5.41) is 0. The van der Waals surface area contributed by atoms with Gasteiger partial charge in [0, 0.05) is 23.9 Å². The molecular formula is C14H14N2O. The second kappa shape index (κ2) is 4.89. The van der Waals surface area contributed by atoms with E-state index in [1.54, 1.807) is 19.2 Å². The monoisotopic (exact) mass is 226 g/mol. The third-order valence-corrected chi connectivity index (χ3v) is 2.63. The summed E-state index contributed by atoms with van der Waals surface area (Å²) in [6.45, 7) is 2.05. The number of carbonyl (C=O) groups excluding carboxylic acids is 1. The third-order valence-electron chi connectivity index (χ3n) is 2.63. The summed E-state index contributed by atoms with van der Waals surface area (Å²) in [5.41, 5.74) is 9.01. The lowest BCUT2D eigenvalue weighted by Crippen LogP contribution is -1.97. The van der Waals surface area contributed by atoms with Gasteiger partial charge in [-0.25, -0.2) is 0 Å². The predicted octanol–water partition coefficient (Wildman–Crippen LogP) is 2.41. The quantitative estimate of drug-likeness (QED) is 0.818. The first-order valence-corrected chi connectivity index (χ1v) is 5.47. The van der Waals surface area contributed by atoms with Crippen molar-refractivity contribution in [1.29, 1.82) is 0 Å². The molecule has 2 rings (SSSR count). The van der Waals surface area contributed by atoms with E-state index in [0.717, 1.165) is 16.8 Å². The van der Waals surface area contributed by atoms with Crippen LogP contribution in [0.1, 0.15) is 22.8 Å². The van der Waals surface area contributed by atoms with Gasteiger partial charge in [-0.05, 0) is 24.6 Å². The molecule has 1 aromatic carbocycles. The highest BCUT2D eigenvalue weighted by Crippen LogP contribution is 2.18. The number of carbonyl (C=O) groups is 1. The summed E-state index contributed by atoms with van der Waals surface area (Å²) < 4.78 is 0. The van der Waals surface area contributed by atoms with Crippen LogP contribution >= 0.6 is 0 Å². The Kier molecular flexibility index (Phi) is 3.30. The fourth-order valence-electron chi connectivity index (χ4n) is 1.61. The van der Waals surface area contributed by atoms with Crippen molar-refractivity contribution in [3.05, 3.63) is 53.7 Å². The second-order valence-corrected chi connectivity index (χ2v) is 3.89.